The van der Waals surface area contributed by atoms with Crippen LogP contribution >= 0.6 is 0 Å². The van der Waals surface area contributed by atoms with Crippen molar-refractivity contribution in [1.82, 2.24) is 0 Å². The van der Waals surface area contributed by atoms with Gasteiger partial charge in [-0.15, -0.1) is 0 Å². The van der Waals surface area contributed by atoms with Crippen molar-refractivity contribution in [3.05, 3.63) is 0 Å². The van der Waals surface area contributed by atoms with Crippen LogP contribution in [0.25, 0.3) is 0 Å². The third-order valence-electron chi connectivity index (χ3n) is 3.61. The number of nitrogens with zero attached hydrogens (tertiary/aromatic N) is 1. The fourth-order valence-corrected chi connectivity index (χ4v) is 2.75. The van der Waals surface area contributed by atoms with Gasteiger partial charge in [0.2, 0.25) is 0 Å². The molecule has 0 aromatic rings. The molecule has 0 aliphatic heterocycles. The number of likely N-dealkylation sites (N-methyl/N-ethyl adjacent to an activating group) is 1. The Kier molecular flexibility index (Phi) is 11.3. The van der Waals surface area contributed by atoms with Gasteiger partial charge in [-0.05, 0) is 19.3 Å². The van der Waals surface area contributed by atoms with Gasteiger partial charge < -0.3 is 14.0 Å². The summed E-state index contributed by atoms with van der Waals surface area (Å²) in [6.45, 7) is 6.94. The Bertz CT molecular complexity index is 347. The summed E-state index contributed by atoms with van der Waals surface area (Å²) in [6.07, 6.45) is 3.58. The van der Waals surface area contributed by atoms with Crippen LogP contribution in [0, 0.1) is 0 Å². The average Bonchev–Trinajstić information content (AvgIpc) is 2.40. The van der Waals surface area contributed by atoms with Gasteiger partial charge in [0.15, 0.2) is 0 Å². The molecule has 6 nitrogen and oxygen atoms in total. The van der Waals surface area contributed by atoms with Gasteiger partial charge in [0.25, 0.3) is 10.1 Å². The molecule has 128 valence electrons. The highest BCUT2D eigenvalue weighted by Crippen LogP contribution is 2.09. The van der Waals surface area contributed by atoms with Crippen LogP contribution in [0.2, 0.25) is 0 Å². The maximum Gasteiger partial charge on any atom is 0.264 e. The second kappa shape index (κ2) is 11.4. The molecule has 0 amide bonds. The van der Waals surface area contributed by atoms with Crippen LogP contribution in [0.5, 0.6) is 0 Å². The molecule has 0 saturated carbocycles. The second-order valence-electron chi connectivity index (χ2n) is 5.74. The van der Waals surface area contributed by atoms with Crippen LogP contribution in [0.4, 0.5) is 0 Å². The first-order valence-electron chi connectivity index (χ1n) is 7.68. The fraction of sp³-hybridized carbons (Fsp3) is 1.00. The monoisotopic (exact) mass is 326 g/mol. The third-order valence-corrected chi connectivity index (χ3v) is 4.41. The van der Waals surface area contributed by atoms with Gasteiger partial charge >= 0.3 is 0 Å². The highest BCUT2D eigenvalue weighted by Gasteiger charge is 2.20. The molecule has 0 aliphatic rings. The molecule has 0 aromatic heterocycles. The molecular weight excluding hydrogens is 294 g/mol. The zero-order chi connectivity index (χ0) is 16.2. The number of quaternary nitrogens is 1. The number of unbranched alkanes of at least 4 members (excludes halogenated alkanes) is 2. The van der Waals surface area contributed by atoms with Gasteiger partial charge in [-0.25, -0.2) is 0 Å². The maximum absolute atomic E-state index is 10.7. The molecule has 1 atom stereocenters. The van der Waals surface area contributed by atoms with E-state index >= 15 is 0 Å². The lowest BCUT2D eigenvalue weighted by Crippen LogP contribution is -2.48. The Labute approximate surface area is 129 Å². The molecule has 7 heteroatoms. The van der Waals surface area contributed by atoms with Crippen molar-refractivity contribution in [2.45, 2.75) is 32.6 Å². The number of hydrogen-bond acceptors (Lipinski definition) is 4. The van der Waals surface area contributed by atoms with E-state index in [1.807, 2.05) is 0 Å². The Morgan fingerprint density at radius 3 is 2.24 bits per heavy atom. The summed E-state index contributed by atoms with van der Waals surface area (Å²) < 4.78 is 41.5. The minimum absolute atomic E-state index is 0.148. The van der Waals surface area contributed by atoms with Crippen LogP contribution in [0.15, 0.2) is 0 Å². The summed E-state index contributed by atoms with van der Waals surface area (Å²) in [5.74, 6) is -0.148. The Morgan fingerprint density at radius 2 is 1.67 bits per heavy atom. The van der Waals surface area contributed by atoms with E-state index in [4.69, 9.17) is 14.0 Å². The molecule has 0 saturated heterocycles. The van der Waals surface area contributed by atoms with Crippen molar-refractivity contribution in [1.29, 1.82) is 0 Å². The molecule has 1 N–H and O–H groups in total. The number of rotatable bonds is 14. The predicted octanol–water partition coefficient (Wildman–Crippen LogP) is 1.56. The van der Waals surface area contributed by atoms with E-state index in [0.717, 1.165) is 43.4 Å². The molecule has 0 radical (unpaired) electrons. The molecule has 21 heavy (non-hydrogen) atoms. The van der Waals surface area contributed by atoms with Gasteiger partial charge in [0.1, 0.15) is 6.54 Å². The predicted molar refractivity (Wildman–Crippen MR) is 84.0 cm³/mol. The van der Waals surface area contributed by atoms with E-state index in [9.17, 15) is 8.42 Å². The van der Waals surface area contributed by atoms with Crippen molar-refractivity contribution in [2.75, 3.05) is 59.4 Å². The Morgan fingerprint density at radius 1 is 1.00 bits per heavy atom. The van der Waals surface area contributed by atoms with Crippen LogP contribution in [0.1, 0.15) is 32.6 Å². The zero-order valence-corrected chi connectivity index (χ0v) is 14.5. The van der Waals surface area contributed by atoms with E-state index in [-0.39, 0.29) is 5.75 Å². The van der Waals surface area contributed by atoms with Gasteiger partial charge in [0, 0.05) is 7.11 Å². The summed E-state index contributed by atoms with van der Waals surface area (Å²) in [5.41, 5.74) is 0. The first kappa shape index (κ1) is 20.8. The highest BCUT2D eigenvalue weighted by atomic mass is 32.2. The number of methoxy groups -OCH3 is 1. The summed E-state index contributed by atoms with van der Waals surface area (Å²) in [6, 6.07) is 0. The first-order valence-corrected chi connectivity index (χ1v) is 9.29. The van der Waals surface area contributed by atoms with E-state index in [2.05, 4.69) is 14.0 Å². The summed E-state index contributed by atoms with van der Waals surface area (Å²) in [5, 5.41) is 0. The van der Waals surface area contributed by atoms with Crippen molar-refractivity contribution in [3.63, 3.8) is 0 Å². The molecule has 0 fully saturated rings. The average molecular weight is 326 g/mol. The van der Waals surface area contributed by atoms with Crippen molar-refractivity contribution in [3.8, 4) is 0 Å². The fourth-order valence-electron chi connectivity index (χ4n) is 2.18. The maximum atomic E-state index is 10.7. The summed E-state index contributed by atoms with van der Waals surface area (Å²) in [7, 11) is 0.00454. The van der Waals surface area contributed by atoms with Crippen LogP contribution in [0.3, 0.4) is 0 Å². The van der Waals surface area contributed by atoms with E-state index < -0.39 is 10.1 Å². The molecule has 0 rings (SSSR count). The van der Waals surface area contributed by atoms with E-state index in [1.165, 1.54) is 0 Å². The van der Waals surface area contributed by atoms with Gasteiger partial charge in [-0.1, -0.05) is 13.3 Å². The van der Waals surface area contributed by atoms with Crippen molar-refractivity contribution >= 4 is 10.1 Å². The SMILES string of the molecule is CCCC[N+](C)(CCCCS(=O)(=O)O)CCOCCOC. The zero-order valence-electron chi connectivity index (χ0n) is 13.7. The Hall–Kier alpha value is -0.210. The van der Waals surface area contributed by atoms with Crippen LogP contribution < -0.4 is 0 Å². The van der Waals surface area contributed by atoms with E-state index in [0.29, 0.717) is 26.2 Å². The number of ether oxygens (including phenoxy) is 2. The number of hydrogen-bond donors (Lipinski definition) is 1. The quantitative estimate of drug-likeness (QED) is 0.298. The van der Waals surface area contributed by atoms with Crippen molar-refractivity contribution in [2.24, 2.45) is 0 Å². The minimum Gasteiger partial charge on any atom is -0.382 e. The lowest BCUT2D eigenvalue weighted by atomic mass is 10.2. The normalized spacial score (nSPS) is 15.0. The summed E-state index contributed by atoms with van der Waals surface area (Å²) >= 11 is 0. The molecule has 1 unspecified atom stereocenters. The molecule has 0 spiro atoms. The molecule has 0 aliphatic carbocycles. The van der Waals surface area contributed by atoms with Gasteiger partial charge in [-0.3, -0.25) is 4.55 Å². The molecule has 0 bridgehead atoms. The smallest absolute Gasteiger partial charge is 0.264 e. The first-order chi connectivity index (χ1) is 9.83. The minimum atomic E-state index is -3.83. The topological polar surface area (TPSA) is 72.8 Å². The van der Waals surface area contributed by atoms with Crippen LogP contribution in [-0.4, -0.2) is 76.8 Å². The van der Waals surface area contributed by atoms with Crippen molar-refractivity contribution < 1.29 is 26.9 Å². The lowest BCUT2D eigenvalue weighted by molar-refractivity contribution is -0.910. The molecule has 0 heterocycles. The largest absolute Gasteiger partial charge is 0.382 e. The summed E-state index contributed by atoms with van der Waals surface area (Å²) in [4.78, 5) is 0. The van der Waals surface area contributed by atoms with E-state index in [1.54, 1.807) is 7.11 Å². The van der Waals surface area contributed by atoms with Gasteiger partial charge in [-0.2, -0.15) is 8.42 Å². The molecule has 0 aromatic carbocycles. The van der Waals surface area contributed by atoms with Gasteiger partial charge in [0.05, 0.1) is 45.7 Å². The Balaban J connectivity index is 4.08. The third kappa shape index (κ3) is 13.2. The standard InChI is InChI=1S/C14H31NO5S/c1-4-5-8-15(2,10-11-20-13-12-19-3)9-6-7-14-21(16,17)18/h4-14H2,1-3H3/p+1. The lowest BCUT2D eigenvalue weighted by Gasteiger charge is -2.34. The molecular formula is C14H32NO5S+. The highest BCUT2D eigenvalue weighted by molar-refractivity contribution is 7.85. The van der Waals surface area contributed by atoms with Crippen LogP contribution in [-0.2, 0) is 19.6 Å². The second-order valence-corrected chi connectivity index (χ2v) is 7.31.